The molecule has 2 aromatic carbocycles. The van der Waals surface area contributed by atoms with Gasteiger partial charge in [0.25, 0.3) is 0 Å². The minimum absolute atomic E-state index is 0.120. The van der Waals surface area contributed by atoms with Crippen molar-refractivity contribution >= 4 is 0 Å². The van der Waals surface area contributed by atoms with Gasteiger partial charge in [0.2, 0.25) is 0 Å². The number of hydrogen-bond acceptors (Lipinski definition) is 0. The highest BCUT2D eigenvalue weighted by Crippen LogP contribution is 2.48. The third-order valence-corrected chi connectivity index (χ3v) is 7.99. The molecule has 0 radical (unpaired) electrons. The van der Waals surface area contributed by atoms with Gasteiger partial charge in [0.15, 0.2) is 0 Å². The third kappa shape index (κ3) is 5.60. The van der Waals surface area contributed by atoms with E-state index in [9.17, 15) is 22.0 Å². The molecule has 2 aliphatic carbocycles. The zero-order valence-corrected chi connectivity index (χ0v) is 19.2. The molecule has 0 heterocycles. The van der Waals surface area contributed by atoms with Gasteiger partial charge in [0, 0.05) is 5.56 Å². The zero-order valence-electron chi connectivity index (χ0n) is 19.2. The van der Waals surface area contributed by atoms with Gasteiger partial charge in [-0.3, -0.25) is 0 Å². The topological polar surface area (TPSA) is 0 Å². The highest BCUT2D eigenvalue weighted by Gasteiger charge is 2.36. The van der Waals surface area contributed by atoms with E-state index in [1.165, 1.54) is 57.4 Å². The first kappa shape index (κ1) is 24.2. The number of alkyl halides is 3. The van der Waals surface area contributed by atoms with Gasteiger partial charge < -0.3 is 0 Å². The van der Waals surface area contributed by atoms with Crippen molar-refractivity contribution in [3.63, 3.8) is 0 Å². The van der Waals surface area contributed by atoms with Gasteiger partial charge in [-0.25, -0.2) is 8.78 Å². The Morgan fingerprint density at radius 3 is 2.27 bits per heavy atom. The van der Waals surface area contributed by atoms with Gasteiger partial charge in [0.05, 0.1) is 5.56 Å². The average molecular weight is 465 g/mol. The summed E-state index contributed by atoms with van der Waals surface area (Å²) in [6, 6.07) is 7.54. The van der Waals surface area contributed by atoms with Gasteiger partial charge >= 0.3 is 6.18 Å². The normalized spacial score (nSPS) is 25.6. The van der Waals surface area contributed by atoms with Crippen LogP contribution in [0.3, 0.4) is 0 Å². The molecule has 4 rings (SSSR count). The number of halogens is 5. The molecule has 0 bridgehead atoms. The van der Waals surface area contributed by atoms with Gasteiger partial charge in [-0.15, -0.1) is 0 Å². The molecule has 2 aliphatic rings. The minimum Gasteiger partial charge on any atom is -0.206 e. The summed E-state index contributed by atoms with van der Waals surface area (Å²) in [5, 5.41) is 0. The highest BCUT2D eigenvalue weighted by molar-refractivity contribution is 5.65. The fraction of sp³-hybridized carbons (Fsp3) is 0.571. The van der Waals surface area contributed by atoms with Crippen LogP contribution >= 0.6 is 0 Å². The van der Waals surface area contributed by atoms with Gasteiger partial charge in [-0.05, 0) is 85.1 Å². The Morgan fingerprint density at radius 1 is 0.818 bits per heavy atom. The maximum Gasteiger partial charge on any atom is 0.419 e. The Hall–Kier alpha value is -1.91. The van der Waals surface area contributed by atoms with E-state index < -0.39 is 23.4 Å². The summed E-state index contributed by atoms with van der Waals surface area (Å²) >= 11 is 0. The average Bonchev–Trinajstić information content (AvgIpc) is 2.78. The summed E-state index contributed by atoms with van der Waals surface area (Å²) in [7, 11) is 0. The van der Waals surface area contributed by atoms with Crippen LogP contribution in [-0.2, 0) is 6.18 Å². The number of hydrogen-bond donors (Lipinski definition) is 0. The number of unbranched alkanes of at least 4 members (excludes halogenated alkanes) is 2. The van der Waals surface area contributed by atoms with Gasteiger partial charge in [-0.2, -0.15) is 13.2 Å². The number of benzene rings is 2. The van der Waals surface area contributed by atoms with E-state index in [0.29, 0.717) is 17.9 Å². The molecule has 2 saturated carbocycles. The van der Waals surface area contributed by atoms with Crippen LogP contribution < -0.4 is 0 Å². The summed E-state index contributed by atoms with van der Waals surface area (Å²) in [6.07, 6.45) is 7.77. The Labute approximate surface area is 193 Å². The van der Waals surface area contributed by atoms with Gasteiger partial charge in [-0.1, -0.05) is 57.2 Å². The second-order valence-electron chi connectivity index (χ2n) is 10.1. The molecule has 0 saturated heterocycles. The zero-order chi connectivity index (χ0) is 23.6. The van der Waals surface area contributed by atoms with Crippen molar-refractivity contribution in [2.24, 2.45) is 17.8 Å². The molecule has 4 atom stereocenters. The van der Waals surface area contributed by atoms with Crippen molar-refractivity contribution in [2.75, 3.05) is 0 Å². The largest absolute Gasteiger partial charge is 0.419 e. The monoisotopic (exact) mass is 464 g/mol. The Bertz CT molecular complexity index is 948. The molecule has 0 aliphatic heterocycles. The molecule has 0 spiro atoms. The molecule has 33 heavy (non-hydrogen) atoms. The van der Waals surface area contributed by atoms with Crippen molar-refractivity contribution < 1.29 is 22.0 Å². The fourth-order valence-corrected chi connectivity index (χ4v) is 6.17. The van der Waals surface area contributed by atoms with E-state index in [1.54, 1.807) is 6.07 Å². The molecular formula is C28H33F5. The predicted octanol–water partition coefficient (Wildman–Crippen LogP) is 9.53. The van der Waals surface area contributed by atoms with E-state index in [-0.39, 0.29) is 11.1 Å². The quantitative estimate of drug-likeness (QED) is 0.295. The van der Waals surface area contributed by atoms with Gasteiger partial charge in [0.1, 0.15) is 11.6 Å². The fourth-order valence-electron chi connectivity index (χ4n) is 6.17. The number of rotatable bonds is 6. The van der Waals surface area contributed by atoms with E-state index >= 15 is 0 Å². The molecule has 1 unspecified atom stereocenters. The molecule has 180 valence electrons. The van der Waals surface area contributed by atoms with Crippen molar-refractivity contribution in [1.82, 2.24) is 0 Å². The lowest BCUT2D eigenvalue weighted by Gasteiger charge is -2.42. The van der Waals surface area contributed by atoms with E-state index in [0.717, 1.165) is 42.4 Å². The molecule has 0 amide bonds. The molecule has 5 heteroatoms. The van der Waals surface area contributed by atoms with Crippen LogP contribution in [0.25, 0.3) is 11.1 Å². The van der Waals surface area contributed by atoms with Crippen molar-refractivity contribution in [1.29, 1.82) is 0 Å². The summed E-state index contributed by atoms with van der Waals surface area (Å²) in [5.41, 5.74) is -0.130. The first-order valence-electron chi connectivity index (χ1n) is 12.4. The summed E-state index contributed by atoms with van der Waals surface area (Å²) in [5.74, 6) is 0.797. The standard InChI is InChI=1S/C28H33F5/c1-2-3-4-5-18-6-7-20-15-21(9-8-19(20)14-18)22-10-12-24(26(29)16-22)23-11-13-25(27(30)17-23)28(31,32)33/h10-13,16-21H,2-9,14-15H2,1H3/t18?,19-,20-,21-/m1/s1. The molecule has 0 aromatic heterocycles. The first-order valence-corrected chi connectivity index (χ1v) is 12.4. The van der Waals surface area contributed by atoms with Crippen LogP contribution in [0.5, 0.6) is 0 Å². The van der Waals surface area contributed by atoms with E-state index in [1.807, 2.05) is 6.07 Å². The Balaban J connectivity index is 1.42. The molecule has 2 aromatic rings. The van der Waals surface area contributed by atoms with Crippen LogP contribution in [0.15, 0.2) is 36.4 Å². The maximum absolute atomic E-state index is 14.9. The van der Waals surface area contributed by atoms with E-state index in [4.69, 9.17) is 0 Å². The van der Waals surface area contributed by atoms with Crippen LogP contribution in [0.1, 0.15) is 88.2 Å². The number of fused-ring (bicyclic) bond motifs is 1. The Morgan fingerprint density at radius 2 is 1.58 bits per heavy atom. The SMILES string of the molecule is CCCCCC1CC[C@@H]2C[C@H](c3ccc(-c4ccc(C(F)(F)F)c(F)c4)c(F)c3)CC[C@@H]2C1. The molecule has 0 N–H and O–H groups in total. The first-order chi connectivity index (χ1) is 15.8. The summed E-state index contributed by atoms with van der Waals surface area (Å²) in [4.78, 5) is 0. The predicted molar refractivity (Wildman–Crippen MR) is 122 cm³/mol. The van der Waals surface area contributed by atoms with Crippen LogP contribution in [0.4, 0.5) is 22.0 Å². The third-order valence-electron chi connectivity index (χ3n) is 7.99. The second-order valence-corrected chi connectivity index (χ2v) is 10.1. The highest BCUT2D eigenvalue weighted by atomic mass is 19.4. The molecular weight excluding hydrogens is 431 g/mol. The lowest BCUT2D eigenvalue weighted by atomic mass is 9.63. The smallest absolute Gasteiger partial charge is 0.206 e. The molecule has 0 nitrogen and oxygen atoms in total. The lowest BCUT2D eigenvalue weighted by Crippen LogP contribution is -2.30. The van der Waals surface area contributed by atoms with Crippen molar-refractivity contribution in [3.05, 3.63) is 59.2 Å². The summed E-state index contributed by atoms with van der Waals surface area (Å²) < 4.78 is 67.4. The van der Waals surface area contributed by atoms with Crippen LogP contribution in [-0.4, -0.2) is 0 Å². The van der Waals surface area contributed by atoms with Crippen molar-refractivity contribution in [2.45, 2.75) is 83.2 Å². The van der Waals surface area contributed by atoms with E-state index in [2.05, 4.69) is 6.92 Å². The lowest BCUT2D eigenvalue weighted by molar-refractivity contribution is -0.139. The molecule has 2 fully saturated rings. The second kappa shape index (κ2) is 10.1. The summed E-state index contributed by atoms with van der Waals surface area (Å²) in [6.45, 7) is 2.25. The minimum atomic E-state index is -4.77. The maximum atomic E-state index is 14.9. The van der Waals surface area contributed by atoms with Crippen LogP contribution in [0.2, 0.25) is 0 Å². The Kier molecular flexibility index (Phi) is 7.45. The van der Waals surface area contributed by atoms with Crippen LogP contribution in [0, 0.1) is 29.4 Å². The van der Waals surface area contributed by atoms with Crippen molar-refractivity contribution in [3.8, 4) is 11.1 Å².